The summed E-state index contributed by atoms with van der Waals surface area (Å²) in [5, 5.41) is 18.7. The molecule has 35 heavy (non-hydrogen) atoms. The van der Waals surface area contributed by atoms with Gasteiger partial charge in [0.2, 0.25) is 11.8 Å². The zero-order valence-electron chi connectivity index (χ0n) is 19.2. The summed E-state index contributed by atoms with van der Waals surface area (Å²) < 4.78 is 12.0. The molecular formula is C25H25Cl2N3O5. The number of amides is 1. The number of nitrogens with zero attached hydrogens (tertiary/aromatic N) is 3. The lowest BCUT2D eigenvalue weighted by Crippen LogP contribution is -2.52. The lowest BCUT2D eigenvalue weighted by molar-refractivity contribution is -0.185. The molecule has 0 radical (unpaired) electrons. The zero-order valence-corrected chi connectivity index (χ0v) is 20.7. The number of aryl methyl sites for hydroxylation is 1. The molecule has 0 saturated carbocycles. The Hall–Kier alpha value is -2.94. The van der Waals surface area contributed by atoms with Gasteiger partial charge in [0, 0.05) is 17.0 Å². The van der Waals surface area contributed by atoms with Gasteiger partial charge in [0.1, 0.15) is 18.2 Å². The summed E-state index contributed by atoms with van der Waals surface area (Å²) in [5.41, 5.74) is 1.47. The number of halogens is 2. The number of aromatic nitrogens is 2. The molecule has 1 aromatic heterocycles. The topological polar surface area (TPSA) is 106 Å². The molecule has 1 aliphatic rings. The minimum absolute atomic E-state index is 0.289. The molecule has 1 fully saturated rings. The zero-order chi connectivity index (χ0) is 25.1. The van der Waals surface area contributed by atoms with E-state index in [4.69, 9.17) is 32.4 Å². The van der Waals surface area contributed by atoms with Gasteiger partial charge in [-0.15, -0.1) is 10.2 Å². The van der Waals surface area contributed by atoms with Crippen LogP contribution in [0.2, 0.25) is 10.0 Å². The van der Waals surface area contributed by atoms with Crippen LogP contribution in [0, 0.1) is 6.92 Å². The number of hydrogen-bond acceptors (Lipinski definition) is 6. The van der Waals surface area contributed by atoms with Crippen molar-refractivity contribution in [2.24, 2.45) is 0 Å². The van der Waals surface area contributed by atoms with E-state index < -0.39 is 42.6 Å². The molecular weight excluding hydrogens is 493 g/mol. The highest BCUT2D eigenvalue weighted by Crippen LogP contribution is 2.47. The molecule has 1 aliphatic heterocycles. The minimum atomic E-state index is -1.21. The van der Waals surface area contributed by atoms with Gasteiger partial charge in [-0.3, -0.25) is 9.59 Å². The second-order valence-corrected chi connectivity index (χ2v) is 9.28. The van der Waals surface area contributed by atoms with Crippen molar-refractivity contribution in [1.29, 1.82) is 0 Å². The van der Waals surface area contributed by atoms with Crippen molar-refractivity contribution in [3.05, 3.63) is 81.5 Å². The average Bonchev–Trinajstić information content (AvgIpc) is 3.25. The van der Waals surface area contributed by atoms with Gasteiger partial charge >= 0.3 is 5.97 Å². The Morgan fingerprint density at radius 1 is 1.11 bits per heavy atom. The molecule has 8 nitrogen and oxygen atoms in total. The number of benzene rings is 2. The molecule has 10 heteroatoms. The third kappa shape index (κ3) is 5.50. The summed E-state index contributed by atoms with van der Waals surface area (Å²) in [6, 6.07) is 13.0. The summed E-state index contributed by atoms with van der Waals surface area (Å²) >= 11 is 12.4. The van der Waals surface area contributed by atoms with Crippen LogP contribution in [0.1, 0.15) is 67.3 Å². The van der Waals surface area contributed by atoms with Crippen LogP contribution in [0.15, 0.2) is 52.9 Å². The van der Waals surface area contributed by atoms with E-state index in [1.807, 2.05) is 25.1 Å². The molecule has 2 aromatic carbocycles. The maximum Gasteiger partial charge on any atom is 0.306 e. The maximum absolute atomic E-state index is 13.8. The molecule has 4 atom stereocenters. The van der Waals surface area contributed by atoms with E-state index in [0.717, 1.165) is 12.0 Å². The van der Waals surface area contributed by atoms with E-state index in [2.05, 4.69) is 10.2 Å². The summed E-state index contributed by atoms with van der Waals surface area (Å²) in [4.78, 5) is 27.1. The first-order chi connectivity index (χ1) is 16.8. The number of ether oxygens (including phenoxy) is 1. The van der Waals surface area contributed by atoms with Gasteiger partial charge in [0.15, 0.2) is 0 Å². The minimum Gasteiger partial charge on any atom is -0.481 e. The first-order valence-electron chi connectivity index (χ1n) is 11.3. The van der Waals surface area contributed by atoms with Gasteiger partial charge in [-0.25, -0.2) is 0 Å². The Labute approximate surface area is 212 Å². The van der Waals surface area contributed by atoms with E-state index in [-0.39, 0.29) is 5.89 Å². The van der Waals surface area contributed by atoms with Gasteiger partial charge in [0.25, 0.3) is 5.91 Å². The van der Waals surface area contributed by atoms with Crippen molar-refractivity contribution in [2.75, 3.05) is 0 Å². The van der Waals surface area contributed by atoms with Crippen LogP contribution in [0.5, 0.6) is 0 Å². The van der Waals surface area contributed by atoms with Crippen LogP contribution < -0.4 is 0 Å². The van der Waals surface area contributed by atoms with E-state index in [1.54, 1.807) is 42.2 Å². The van der Waals surface area contributed by atoms with Crippen molar-refractivity contribution >= 4 is 35.1 Å². The quantitative estimate of drug-likeness (QED) is 0.407. The van der Waals surface area contributed by atoms with Crippen molar-refractivity contribution in [3.8, 4) is 0 Å². The fourth-order valence-electron chi connectivity index (χ4n) is 4.44. The normalized spacial score (nSPS) is 21.2. The predicted molar refractivity (Wildman–Crippen MR) is 129 cm³/mol. The number of rotatable bonds is 8. The lowest BCUT2D eigenvalue weighted by atomic mass is 9.89. The Morgan fingerprint density at radius 3 is 2.46 bits per heavy atom. The SMILES string of the molecule is CCC[C@@H](c1nnc(C)o1)N1C(=O)[C@H](CC(=O)O)O[C@@H](c2cccc(Cl)c2)[C@H]1c1ccc(Cl)cc1. The molecule has 0 bridgehead atoms. The molecule has 1 saturated heterocycles. The number of carboxylic acid groups (broad SMARTS) is 1. The van der Waals surface area contributed by atoms with E-state index in [9.17, 15) is 14.7 Å². The second kappa shape index (κ2) is 10.8. The van der Waals surface area contributed by atoms with Crippen molar-refractivity contribution in [1.82, 2.24) is 15.1 Å². The number of carboxylic acids is 1. The second-order valence-electron chi connectivity index (χ2n) is 8.40. The predicted octanol–water partition coefficient (Wildman–Crippen LogP) is 5.71. The molecule has 0 unspecified atom stereocenters. The summed E-state index contributed by atoms with van der Waals surface area (Å²) in [6.45, 7) is 3.67. The third-order valence-electron chi connectivity index (χ3n) is 5.90. The molecule has 0 aliphatic carbocycles. The van der Waals surface area contributed by atoms with Gasteiger partial charge < -0.3 is 19.2 Å². The molecule has 184 valence electrons. The standard InChI is InChI=1S/C25H25Cl2N3O5/c1-3-5-19(24-29-28-14(2)34-24)30-22(15-8-10-17(26)11-9-15)23(16-6-4-7-18(27)12-16)35-20(25(30)33)13-21(31)32/h4,6-12,19-20,22-23H,3,5,13H2,1-2H3,(H,31,32)/t19-,20-,22+,23-/m0/s1. The van der Waals surface area contributed by atoms with E-state index in [0.29, 0.717) is 27.9 Å². The Bertz CT molecular complexity index is 1200. The molecule has 0 spiro atoms. The van der Waals surface area contributed by atoms with E-state index >= 15 is 0 Å². The monoisotopic (exact) mass is 517 g/mol. The smallest absolute Gasteiger partial charge is 0.306 e. The number of morpholine rings is 1. The van der Waals surface area contributed by atoms with E-state index in [1.165, 1.54) is 0 Å². The first kappa shape index (κ1) is 25.2. The average molecular weight is 518 g/mol. The molecule has 1 amide bonds. The van der Waals surface area contributed by atoms with Crippen LogP contribution >= 0.6 is 23.2 Å². The highest BCUT2D eigenvalue weighted by molar-refractivity contribution is 6.30. The highest BCUT2D eigenvalue weighted by atomic mass is 35.5. The number of aliphatic carboxylic acids is 1. The Morgan fingerprint density at radius 2 is 1.86 bits per heavy atom. The molecule has 3 aromatic rings. The largest absolute Gasteiger partial charge is 0.481 e. The number of carbonyl (C=O) groups excluding carboxylic acids is 1. The summed E-state index contributed by atoms with van der Waals surface area (Å²) in [7, 11) is 0. The first-order valence-corrected chi connectivity index (χ1v) is 12.0. The maximum atomic E-state index is 13.8. The van der Waals surface area contributed by atoms with Crippen molar-refractivity contribution in [3.63, 3.8) is 0 Å². The molecule has 1 N–H and O–H groups in total. The van der Waals surface area contributed by atoms with Crippen molar-refractivity contribution < 1.29 is 23.8 Å². The van der Waals surface area contributed by atoms with Crippen LogP contribution in [0.25, 0.3) is 0 Å². The van der Waals surface area contributed by atoms with Gasteiger partial charge in [-0.1, -0.05) is 60.8 Å². The Balaban J connectivity index is 1.91. The van der Waals surface area contributed by atoms with Gasteiger partial charge in [-0.2, -0.15) is 0 Å². The van der Waals surface area contributed by atoms with Crippen LogP contribution in [-0.4, -0.2) is 38.2 Å². The number of carbonyl (C=O) groups is 2. The van der Waals surface area contributed by atoms with Crippen LogP contribution in [0.3, 0.4) is 0 Å². The highest BCUT2D eigenvalue weighted by Gasteiger charge is 2.48. The number of hydrogen-bond donors (Lipinski definition) is 1. The summed E-state index contributed by atoms with van der Waals surface area (Å²) in [5.74, 6) is -0.936. The fourth-order valence-corrected chi connectivity index (χ4v) is 4.77. The lowest BCUT2D eigenvalue weighted by Gasteiger charge is -2.47. The van der Waals surface area contributed by atoms with Gasteiger partial charge in [-0.05, 0) is 41.8 Å². The van der Waals surface area contributed by atoms with Crippen LogP contribution in [0.4, 0.5) is 0 Å². The van der Waals surface area contributed by atoms with Crippen molar-refractivity contribution in [2.45, 2.75) is 57.4 Å². The summed E-state index contributed by atoms with van der Waals surface area (Å²) in [6.07, 6.45) is -1.15. The van der Waals surface area contributed by atoms with Crippen LogP contribution in [-0.2, 0) is 14.3 Å². The third-order valence-corrected chi connectivity index (χ3v) is 6.39. The Kier molecular flexibility index (Phi) is 7.74. The van der Waals surface area contributed by atoms with Gasteiger partial charge in [0.05, 0.1) is 12.5 Å². The fraction of sp³-hybridized carbons (Fsp3) is 0.360. The molecule has 4 rings (SSSR count). The molecule has 2 heterocycles.